The highest BCUT2D eigenvalue weighted by Gasteiger charge is 2.34. The van der Waals surface area contributed by atoms with Crippen LogP contribution in [0.5, 0.6) is 0 Å². The van der Waals surface area contributed by atoms with Gasteiger partial charge >= 0.3 is 0 Å². The van der Waals surface area contributed by atoms with Crippen molar-refractivity contribution >= 4 is 5.82 Å². The number of hydrogen-bond donors (Lipinski definition) is 1. The van der Waals surface area contributed by atoms with Crippen LogP contribution in [-0.2, 0) is 11.2 Å². The highest BCUT2D eigenvalue weighted by atomic mass is 16.5. The van der Waals surface area contributed by atoms with Crippen LogP contribution in [0, 0.1) is 0 Å². The van der Waals surface area contributed by atoms with Crippen LogP contribution in [0.2, 0.25) is 0 Å². The van der Waals surface area contributed by atoms with E-state index < -0.39 is 0 Å². The molecule has 0 unspecified atom stereocenters. The van der Waals surface area contributed by atoms with Crippen molar-refractivity contribution in [2.24, 2.45) is 0 Å². The van der Waals surface area contributed by atoms with Gasteiger partial charge in [0.2, 0.25) is 0 Å². The molecule has 2 aromatic heterocycles. The second-order valence-corrected chi connectivity index (χ2v) is 6.72. The summed E-state index contributed by atoms with van der Waals surface area (Å²) >= 11 is 0. The van der Waals surface area contributed by atoms with Gasteiger partial charge in [-0.15, -0.1) is 0 Å². The number of aromatic nitrogens is 3. The van der Waals surface area contributed by atoms with Gasteiger partial charge in [0.1, 0.15) is 11.5 Å². The van der Waals surface area contributed by atoms with E-state index in [9.17, 15) is 0 Å². The molecule has 6 nitrogen and oxygen atoms in total. The summed E-state index contributed by atoms with van der Waals surface area (Å²) in [4.78, 5) is 16.0. The first-order valence-electron chi connectivity index (χ1n) is 8.91. The minimum absolute atomic E-state index is 0.0980. The van der Waals surface area contributed by atoms with Crippen LogP contribution in [0.15, 0.2) is 30.5 Å². The van der Waals surface area contributed by atoms with Crippen LogP contribution >= 0.6 is 0 Å². The summed E-state index contributed by atoms with van der Waals surface area (Å²) in [6.45, 7) is 4.56. The van der Waals surface area contributed by atoms with Gasteiger partial charge in [0, 0.05) is 43.3 Å². The summed E-state index contributed by atoms with van der Waals surface area (Å²) in [5.41, 5.74) is 1.92. The molecule has 0 atom stereocenters. The van der Waals surface area contributed by atoms with Crippen LogP contribution in [0.25, 0.3) is 11.5 Å². The summed E-state index contributed by atoms with van der Waals surface area (Å²) in [5.74, 6) is 1.54. The van der Waals surface area contributed by atoms with Gasteiger partial charge in [-0.3, -0.25) is 4.98 Å². The van der Waals surface area contributed by atoms with Crippen LogP contribution in [0.3, 0.4) is 0 Å². The fourth-order valence-corrected chi connectivity index (χ4v) is 3.17. The fourth-order valence-electron chi connectivity index (χ4n) is 3.17. The molecule has 0 radical (unpaired) electrons. The Bertz CT molecular complexity index is 683. The molecule has 0 amide bonds. The van der Waals surface area contributed by atoms with E-state index in [4.69, 9.17) is 9.72 Å². The Hall–Kier alpha value is -2.05. The standard InChI is InChI=1S/C19H27N5O/c1-4-15-13-17(23-18(22-15)16-7-5-6-10-20-16)21-14-19(24(2)3)8-11-25-12-9-19/h5-7,10,13H,4,8-9,11-12,14H2,1-3H3,(H,21,22,23). The molecular weight excluding hydrogens is 314 g/mol. The maximum absolute atomic E-state index is 5.55. The van der Waals surface area contributed by atoms with E-state index >= 15 is 0 Å². The number of pyridine rings is 1. The van der Waals surface area contributed by atoms with Crippen LogP contribution in [0.1, 0.15) is 25.5 Å². The third-order valence-corrected chi connectivity index (χ3v) is 5.01. The van der Waals surface area contributed by atoms with Gasteiger partial charge in [-0.2, -0.15) is 0 Å². The Kier molecular flexibility index (Phi) is 5.60. The third kappa shape index (κ3) is 4.14. The zero-order valence-corrected chi connectivity index (χ0v) is 15.3. The molecular formula is C19H27N5O. The predicted molar refractivity (Wildman–Crippen MR) is 99.6 cm³/mol. The summed E-state index contributed by atoms with van der Waals surface area (Å²) in [5, 5.41) is 3.55. The molecule has 1 N–H and O–H groups in total. The van der Waals surface area contributed by atoms with E-state index in [0.29, 0.717) is 5.82 Å². The molecule has 0 saturated carbocycles. The maximum Gasteiger partial charge on any atom is 0.180 e. The van der Waals surface area contributed by atoms with E-state index in [1.807, 2.05) is 24.3 Å². The van der Waals surface area contributed by atoms with Gasteiger partial charge in [0.15, 0.2) is 5.82 Å². The van der Waals surface area contributed by atoms with E-state index in [0.717, 1.165) is 56.2 Å². The summed E-state index contributed by atoms with van der Waals surface area (Å²) < 4.78 is 5.55. The number of hydrogen-bond acceptors (Lipinski definition) is 6. The summed E-state index contributed by atoms with van der Waals surface area (Å²) in [6.07, 6.45) is 4.68. The molecule has 1 aliphatic heterocycles. The van der Waals surface area contributed by atoms with E-state index in [2.05, 4.69) is 41.2 Å². The topological polar surface area (TPSA) is 63.2 Å². The van der Waals surface area contributed by atoms with Gasteiger partial charge in [0.25, 0.3) is 0 Å². The lowest BCUT2D eigenvalue weighted by Crippen LogP contribution is -2.53. The lowest BCUT2D eigenvalue weighted by Gasteiger charge is -2.43. The smallest absolute Gasteiger partial charge is 0.180 e. The molecule has 0 bridgehead atoms. The number of nitrogens with zero attached hydrogens (tertiary/aromatic N) is 4. The number of likely N-dealkylation sites (N-methyl/N-ethyl adjacent to an activating group) is 1. The average molecular weight is 341 g/mol. The Balaban J connectivity index is 1.82. The summed E-state index contributed by atoms with van der Waals surface area (Å²) in [6, 6.07) is 7.84. The Morgan fingerprint density at radius 3 is 2.64 bits per heavy atom. The lowest BCUT2D eigenvalue weighted by atomic mass is 9.88. The van der Waals surface area contributed by atoms with Gasteiger partial charge in [-0.05, 0) is 45.5 Å². The minimum Gasteiger partial charge on any atom is -0.381 e. The first-order valence-corrected chi connectivity index (χ1v) is 8.91. The molecule has 0 aliphatic carbocycles. The van der Waals surface area contributed by atoms with Crippen molar-refractivity contribution in [1.82, 2.24) is 19.9 Å². The SMILES string of the molecule is CCc1cc(NCC2(N(C)C)CCOCC2)nc(-c2ccccn2)n1. The van der Waals surface area contributed by atoms with Gasteiger partial charge in [-0.1, -0.05) is 13.0 Å². The van der Waals surface area contributed by atoms with E-state index in [1.165, 1.54) is 0 Å². The minimum atomic E-state index is 0.0980. The third-order valence-electron chi connectivity index (χ3n) is 5.01. The molecule has 3 rings (SSSR count). The molecule has 3 heterocycles. The van der Waals surface area contributed by atoms with Crippen molar-refractivity contribution in [3.05, 3.63) is 36.2 Å². The predicted octanol–water partition coefficient (Wildman–Crippen LogP) is 2.62. The van der Waals surface area contributed by atoms with Crippen LogP contribution in [-0.4, -0.2) is 59.2 Å². The zero-order valence-electron chi connectivity index (χ0n) is 15.3. The normalized spacial score (nSPS) is 16.8. The first kappa shape index (κ1) is 17.8. The lowest BCUT2D eigenvalue weighted by molar-refractivity contribution is -0.000665. The molecule has 1 fully saturated rings. The van der Waals surface area contributed by atoms with Crippen LogP contribution < -0.4 is 5.32 Å². The zero-order chi connectivity index (χ0) is 17.7. The number of ether oxygens (including phenoxy) is 1. The quantitative estimate of drug-likeness (QED) is 0.871. The summed E-state index contributed by atoms with van der Waals surface area (Å²) in [7, 11) is 4.29. The van der Waals surface area contributed by atoms with E-state index in [-0.39, 0.29) is 5.54 Å². The molecule has 25 heavy (non-hydrogen) atoms. The molecule has 2 aromatic rings. The monoisotopic (exact) mass is 341 g/mol. The van der Waals surface area contributed by atoms with Crippen molar-refractivity contribution < 1.29 is 4.74 Å². The van der Waals surface area contributed by atoms with Gasteiger partial charge < -0.3 is 15.0 Å². The Labute approximate surface area is 149 Å². The van der Waals surface area contributed by atoms with E-state index in [1.54, 1.807) is 6.20 Å². The average Bonchev–Trinajstić information content (AvgIpc) is 2.67. The highest BCUT2D eigenvalue weighted by Crippen LogP contribution is 2.26. The number of aryl methyl sites for hydroxylation is 1. The van der Waals surface area contributed by atoms with Crippen molar-refractivity contribution in [3.63, 3.8) is 0 Å². The Morgan fingerprint density at radius 2 is 2.00 bits per heavy atom. The molecule has 0 spiro atoms. The number of anilines is 1. The Morgan fingerprint density at radius 1 is 1.20 bits per heavy atom. The van der Waals surface area contributed by atoms with Crippen molar-refractivity contribution in [3.8, 4) is 11.5 Å². The second-order valence-electron chi connectivity index (χ2n) is 6.72. The van der Waals surface area contributed by atoms with Crippen molar-refractivity contribution in [2.75, 3.05) is 39.2 Å². The maximum atomic E-state index is 5.55. The van der Waals surface area contributed by atoms with Crippen molar-refractivity contribution in [1.29, 1.82) is 0 Å². The fraction of sp³-hybridized carbons (Fsp3) is 0.526. The largest absolute Gasteiger partial charge is 0.381 e. The van der Waals surface area contributed by atoms with Gasteiger partial charge in [0.05, 0.1) is 0 Å². The molecule has 1 aliphatic rings. The second kappa shape index (κ2) is 7.89. The molecule has 134 valence electrons. The number of rotatable bonds is 6. The molecule has 6 heteroatoms. The molecule has 0 aromatic carbocycles. The molecule has 1 saturated heterocycles. The number of nitrogens with one attached hydrogen (secondary N) is 1. The van der Waals surface area contributed by atoms with Gasteiger partial charge in [-0.25, -0.2) is 9.97 Å². The van der Waals surface area contributed by atoms with Crippen LogP contribution in [0.4, 0.5) is 5.82 Å². The highest BCUT2D eigenvalue weighted by molar-refractivity contribution is 5.53. The van der Waals surface area contributed by atoms with Crippen molar-refractivity contribution in [2.45, 2.75) is 31.7 Å². The first-order chi connectivity index (χ1) is 12.1.